The second kappa shape index (κ2) is 11.8. The van der Waals surface area contributed by atoms with Gasteiger partial charge in [-0.1, -0.05) is 135 Å². The molecule has 0 fully saturated rings. The summed E-state index contributed by atoms with van der Waals surface area (Å²) >= 11 is 1.87. The Morgan fingerprint density at radius 3 is 1.83 bits per heavy atom. The summed E-state index contributed by atoms with van der Waals surface area (Å²) in [7, 11) is 0. The molecule has 1 aliphatic carbocycles. The highest BCUT2D eigenvalue weighted by Gasteiger charge is 2.36. The highest BCUT2D eigenvalue weighted by Crippen LogP contribution is 2.52. The van der Waals surface area contributed by atoms with Gasteiger partial charge >= 0.3 is 0 Å². The van der Waals surface area contributed by atoms with Crippen molar-refractivity contribution in [2.24, 2.45) is 0 Å². The normalized spacial score (nSPS) is 13.1. The number of para-hydroxylation sites is 3. The quantitative estimate of drug-likeness (QED) is 0.173. The van der Waals surface area contributed by atoms with E-state index in [0.717, 1.165) is 11.4 Å². The topological polar surface area (TPSA) is 8.17 Å². The molecule has 0 atom stereocenters. The van der Waals surface area contributed by atoms with E-state index in [-0.39, 0.29) is 5.41 Å². The van der Waals surface area contributed by atoms with Crippen molar-refractivity contribution in [2.75, 3.05) is 4.90 Å². The van der Waals surface area contributed by atoms with Crippen LogP contribution in [0, 0.1) is 0 Å². The molecule has 11 rings (SSSR count). The summed E-state index contributed by atoms with van der Waals surface area (Å²) in [5, 5.41) is 5.12. The molecule has 2 nitrogen and oxygen atoms in total. The number of thiophene rings is 1. The van der Waals surface area contributed by atoms with Crippen LogP contribution in [-0.4, -0.2) is 4.57 Å². The van der Waals surface area contributed by atoms with Crippen LogP contribution in [0.4, 0.5) is 17.1 Å². The van der Waals surface area contributed by atoms with Gasteiger partial charge in [0.2, 0.25) is 0 Å². The van der Waals surface area contributed by atoms with Crippen molar-refractivity contribution in [3.63, 3.8) is 0 Å². The molecule has 2 heterocycles. The molecule has 0 unspecified atom stereocenters. The Kier molecular flexibility index (Phi) is 6.80. The minimum absolute atomic E-state index is 0.102. The summed E-state index contributed by atoms with van der Waals surface area (Å²) in [6.45, 7) is 4.73. The number of hydrogen-bond acceptors (Lipinski definition) is 2. The van der Waals surface area contributed by atoms with Crippen molar-refractivity contribution in [3.8, 4) is 27.9 Å². The Balaban J connectivity index is 1.10. The summed E-state index contributed by atoms with van der Waals surface area (Å²) in [5.41, 5.74) is 14.8. The van der Waals surface area contributed by atoms with Gasteiger partial charge in [0, 0.05) is 53.3 Å². The van der Waals surface area contributed by atoms with Gasteiger partial charge in [0.05, 0.1) is 22.4 Å². The molecular formula is C51H36N2S. The molecule has 0 amide bonds. The Bertz CT molecular complexity index is 3030. The lowest BCUT2D eigenvalue weighted by molar-refractivity contribution is 0.660. The van der Waals surface area contributed by atoms with Gasteiger partial charge < -0.3 is 9.47 Å². The summed E-state index contributed by atoms with van der Waals surface area (Å²) < 4.78 is 5.03. The van der Waals surface area contributed by atoms with Crippen LogP contribution >= 0.6 is 11.3 Å². The molecular weight excluding hydrogens is 673 g/mol. The smallest absolute Gasteiger partial charge is 0.0554 e. The average Bonchev–Trinajstić information content (AvgIpc) is 3.84. The molecule has 8 aromatic carbocycles. The van der Waals surface area contributed by atoms with E-state index < -0.39 is 0 Å². The van der Waals surface area contributed by atoms with Crippen LogP contribution in [0.1, 0.15) is 25.0 Å². The molecule has 54 heavy (non-hydrogen) atoms. The second-order valence-electron chi connectivity index (χ2n) is 14.9. The molecule has 0 saturated carbocycles. The van der Waals surface area contributed by atoms with Crippen LogP contribution in [0.2, 0.25) is 0 Å². The number of anilines is 3. The third kappa shape index (κ3) is 4.52. The van der Waals surface area contributed by atoms with E-state index in [4.69, 9.17) is 0 Å². The number of benzene rings is 8. The standard InChI is InChI=1S/C51H36N2S/c1-51(2)42-19-8-3-15-37(42)38-31-30-35(32-43(38)51)52(47-23-13-25-49-50(47)41-18-7-12-24-48(41)54-49)34-28-26-33(27-29-34)36-14-4-9-20-44(36)53-45-21-10-5-16-39(45)40-17-6-11-22-46(40)53/h3-32H,1-2H3. The van der Waals surface area contributed by atoms with E-state index in [9.17, 15) is 0 Å². The van der Waals surface area contributed by atoms with E-state index in [1.807, 2.05) is 11.3 Å². The van der Waals surface area contributed by atoms with Crippen LogP contribution in [0.3, 0.4) is 0 Å². The van der Waals surface area contributed by atoms with Crippen LogP contribution in [0.15, 0.2) is 182 Å². The lowest BCUT2D eigenvalue weighted by Gasteiger charge is -2.29. The predicted molar refractivity (Wildman–Crippen MR) is 231 cm³/mol. The minimum Gasteiger partial charge on any atom is -0.310 e. The largest absolute Gasteiger partial charge is 0.310 e. The third-order valence-corrected chi connectivity index (χ3v) is 12.7. The van der Waals surface area contributed by atoms with Crippen molar-refractivity contribution in [2.45, 2.75) is 19.3 Å². The molecule has 10 aromatic rings. The summed E-state index contributed by atoms with van der Waals surface area (Å²) in [5.74, 6) is 0. The monoisotopic (exact) mass is 708 g/mol. The zero-order valence-electron chi connectivity index (χ0n) is 30.1. The van der Waals surface area contributed by atoms with E-state index in [1.165, 1.54) is 86.7 Å². The fraction of sp³-hybridized carbons (Fsp3) is 0.0588. The Hall–Kier alpha value is -6.42. The lowest BCUT2D eigenvalue weighted by atomic mass is 9.82. The zero-order valence-corrected chi connectivity index (χ0v) is 30.9. The van der Waals surface area contributed by atoms with Crippen molar-refractivity contribution < 1.29 is 0 Å². The van der Waals surface area contributed by atoms with Gasteiger partial charge in [0.15, 0.2) is 0 Å². The van der Waals surface area contributed by atoms with Gasteiger partial charge in [0.25, 0.3) is 0 Å². The van der Waals surface area contributed by atoms with Crippen molar-refractivity contribution in [1.82, 2.24) is 4.57 Å². The van der Waals surface area contributed by atoms with Crippen LogP contribution in [0.5, 0.6) is 0 Å². The first-order chi connectivity index (χ1) is 26.6. The molecule has 0 N–H and O–H groups in total. The Morgan fingerprint density at radius 1 is 0.463 bits per heavy atom. The molecule has 0 spiro atoms. The van der Waals surface area contributed by atoms with Crippen LogP contribution in [0.25, 0.3) is 69.9 Å². The third-order valence-electron chi connectivity index (χ3n) is 11.6. The molecule has 0 saturated heterocycles. The maximum Gasteiger partial charge on any atom is 0.0554 e. The first-order valence-corrected chi connectivity index (χ1v) is 19.5. The molecule has 1 aliphatic rings. The fourth-order valence-corrected chi connectivity index (χ4v) is 10.2. The number of aromatic nitrogens is 1. The van der Waals surface area contributed by atoms with Gasteiger partial charge in [0.1, 0.15) is 0 Å². The molecule has 2 aromatic heterocycles. The van der Waals surface area contributed by atoms with E-state index in [0.29, 0.717) is 0 Å². The van der Waals surface area contributed by atoms with Crippen LogP contribution in [-0.2, 0) is 5.41 Å². The second-order valence-corrected chi connectivity index (χ2v) is 16.0. The van der Waals surface area contributed by atoms with E-state index in [2.05, 4.69) is 205 Å². The van der Waals surface area contributed by atoms with Crippen molar-refractivity contribution >= 4 is 70.4 Å². The number of nitrogens with zero attached hydrogens (tertiary/aromatic N) is 2. The first-order valence-electron chi connectivity index (χ1n) is 18.7. The highest BCUT2D eigenvalue weighted by molar-refractivity contribution is 7.26. The fourth-order valence-electron chi connectivity index (χ4n) is 9.09. The van der Waals surface area contributed by atoms with Crippen LogP contribution < -0.4 is 4.90 Å². The average molecular weight is 709 g/mol. The maximum atomic E-state index is 2.48. The molecule has 3 heteroatoms. The lowest BCUT2D eigenvalue weighted by Crippen LogP contribution is -2.16. The Labute approximate surface area is 318 Å². The van der Waals surface area contributed by atoms with E-state index >= 15 is 0 Å². The first kappa shape index (κ1) is 31.1. The van der Waals surface area contributed by atoms with Gasteiger partial charge in [-0.25, -0.2) is 0 Å². The minimum atomic E-state index is -0.102. The number of rotatable bonds is 5. The maximum absolute atomic E-state index is 2.48. The van der Waals surface area contributed by atoms with Gasteiger partial charge in [-0.05, 0) is 88.5 Å². The SMILES string of the molecule is CC1(C)c2ccccc2-c2ccc(N(c3ccc(-c4ccccc4-n4c5ccccc5c5ccccc54)cc3)c3cccc4sc5ccccc5c34)cc21. The molecule has 0 aliphatic heterocycles. The van der Waals surface area contributed by atoms with Crippen molar-refractivity contribution in [1.29, 1.82) is 0 Å². The summed E-state index contributed by atoms with van der Waals surface area (Å²) in [6, 6.07) is 67.1. The van der Waals surface area contributed by atoms with Gasteiger partial charge in [-0.3, -0.25) is 0 Å². The van der Waals surface area contributed by atoms with Crippen molar-refractivity contribution in [3.05, 3.63) is 193 Å². The predicted octanol–water partition coefficient (Wildman–Crippen LogP) is 14.6. The molecule has 0 bridgehead atoms. The van der Waals surface area contributed by atoms with Gasteiger partial charge in [-0.15, -0.1) is 11.3 Å². The molecule has 256 valence electrons. The zero-order chi connectivity index (χ0) is 36.0. The summed E-state index contributed by atoms with van der Waals surface area (Å²) in [4.78, 5) is 2.48. The highest BCUT2D eigenvalue weighted by atomic mass is 32.1. The number of hydrogen-bond donors (Lipinski definition) is 0. The van der Waals surface area contributed by atoms with Gasteiger partial charge in [-0.2, -0.15) is 0 Å². The van der Waals surface area contributed by atoms with E-state index in [1.54, 1.807) is 0 Å². The summed E-state index contributed by atoms with van der Waals surface area (Å²) in [6.07, 6.45) is 0. The number of fused-ring (bicyclic) bond motifs is 9. The molecule has 0 radical (unpaired) electrons. The Morgan fingerprint density at radius 2 is 1.06 bits per heavy atom.